The summed E-state index contributed by atoms with van der Waals surface area (Å²) < 4.78 is 25.1. The van der Waals surface area contributed by atoms with Crippen LogP contribution < -0.4 is 0 Å². The third-order valence-electron chi connectivity index (χ3n) is 8.90. The Morgan fingerprint density at radius 3 is 1.07 bits per heavy atom. The third kappa shape index (κ3) is 3.17. The van der Waals surface area contributed by atoms with Crippen molar-refractivity contribution in [2.75, 3.05) is 0 Å². The van der Waals surface area contributed by atoms with Gasteiger partial charge in [0, 0.05) is 0 Å². The van der Waals surface area contributed by atoms with Gasteiger partial charge < -0.3 is 0 Å². The molecule has 0 aliphatic heterocycles. The van der Waals surface area contributed by atoms with Crippen molar-refractivity contribution in [3.8, 4) is 0 Å². The Bertz CT molecular complexity index is 598. The topological polar surface area (TPSA) is 35.5 Å². The van der Waals surface area contributed by atoms with Gasteiger partial charge in [0.15, 0.2) is 0 Å². The minimum atomic E-state index is -3.90. The van der Waals surface area contributed by atoms with E-state index in [-0.39, 0.29) is 0 Å². The van der Waals surface area contributed by atoms with Crippen LogP contribution in [0.1, 0.15) is 77.0 Å². The van der Waals surface area contributed by atoms with Crippen LogP contribution in [0, 0.1) is 35.5 Å². The second kappa shape index (κ2) is 6.29. The van der Waals surface area contributed by atoms with E-state index in [0.29, 0.717) is 35.5 Å². The van der Waals surface area contributed by atoms with E-state index in [1.54, 1.807) is 0 Å². The SMILES string of the molecule is O=P(OC12CC3CC(CC(C3)C1)C2)(OC12CC3CC(CC(C3)C1)C2)C(Cl)(Cl)Cl. The number of alkyl halides is 3. The summed E-state index contributed by atoms with van der Waals surface area (Å²) in [7, 11) is -3.90. The normalized spacial score (nSPS) is 53.5. The molecule has 8 saturated carbocycles. The molecule has 0 aromatic carbocycles. The zero-order chi connectivity index (χ0) is 19.4. The second-order valence-electron chi connectivity index (χ2n) is 11.3. The fourth-order valence-electron chi connectivity index (χ4n) is 8.92. The predicted octanol–water partition coefficient (Wildman–Crippen LogP) is 7.48. The Morgan fingerprint density at radius 2 is 0.857 bits per heavy atom. The molecule has 8 aliphatic rings. The van der Waals surface area contributed by atoms with Crippen LogP contribution in [-0.2, 0) is 13.6 Å². The summed E-state index contributed by atoms with van der Waals surface area (Å²) in [5, 5.41) is 0. The molecule has 7 heteroatoms. The van der Waals surface area contributed by atoms with E-state index in [1.165, 1.54) is 38.5 Å². The highest BCUT2D eigenvalue weighted by atomic mass is 35.6. The smallest absolute Gasteiger partial charge is 0.299 e. The molecule has 8 rings (SSSR count). The summed E-state index contributed by atoms with van der Waals surface area (Å²) in [5.74, 6) is 4.05. The molecule has 0 heterocycles. The zero-order valence-corrected chi connectivity index (χ0v) is 19.4. The van der Waals surface area contributed by atoms with Crippen LogP contribution in [0.25, 0.3) is 0 Å². The third-order valence-corrected chi connectivity index (χ3v) is 12.6. The number of hydrogen-bond acceptors (Lipinski definition) is 3. The van der Waals surface area contributed by atoms with Crippen molar-refractivity contribution in [3.63, 3.8) is 0 Å². The molecule has 8 bridgehead atoms. The van der Waals surface area contributed by atoms with Crippen LogP contribution in [-0.4, -0.2) is 14.7 Å². The maximum Gasteiger partial charge on any atom is 0.382 e. The molecule has 0 saturated heterocycles. The molecule has 0 aromatic heterocycles. The number of hydrogen-bond donors (Lipinski definition) is 0. The lowest BCUT2D eigenvalue weighted by atomic mass is 9.54. The molecule has 0 aromatic rings. The van der Waals surface area contributed by atoms with Gasteiger partial charge in [0.2, 0.25) is 0 Å². The first-order chi connectivity index (χ1) is 13.1. The average Bonchev–Trinajstić information content (AvgIpc) is 2.49. The summed E-state index contributed by atoms with van der Waals surface area (Å²) in [5.41, 5.74) is -0.813. The molecular weight excluding hydrogens is 438 g/mol. The van der Waals surface area contributed by atoms with Gasteiger partial charge in [-0.25, -0.2) is 0 Å². The van der Waals surface area contributed by atoms with Gasteiger partial charge in [-0.1, -0.05) is 34.8 Å². The maximum atomic E-state index is 14.2. The van der Waals surface area contributed by atoms with E-state index in [2.05, 4.69) is 0 Å². The molecule has 28 heavy (non-hydrogen) atoms. The molecule has 0 spiro atoms. The van der Waals surface area contributed by atoms with Crippen LogP contribution in [0.15, 0.2) is 0 Å². The number of halogens is 3. The summed E-state index contributed by atoms with van der Waals surface area (Å²) in [6.07, 6.45) is 13.4. The van der Waals surface area contributed by atoms with Gasteiger partial charge in [-0.2, -0.15) is 0 Å². The van der Waals surface area contributed by atoms with Crippen molar-refractivity contribution in [2.45, 2.75) is 91.8 Å². The molecule has 0 radical (unpaired) electrons. The Morgan fingerprint density at radius 1 is 0.607 bits per heavy atom. The summed E-state index contributed by atoms with van der Waals surface area (Å²) in [6.45, 7) is 0. The number of rotatable bonds is 4. The summed E-state index contributed by atoms with van der Waals surface area (Å²) in [4.78, 5) is 0. The van der Waals surface area contributed by atoms with Gasteiger partial charge in [0.05, 0.1) is 11.2 Å². The van der Waals surface area contributed by atoms with E-state index < -0.39 is 22.3 Å². The van der Waals surface area contributed by atoms with Crippen LogP contribution >= 0.6 is 42.4 Å². The van der Waals surface area contributed by atoms with Gasteiger partial charge in [0.25, 0.3) is 3.53 Å². The molecule has 0 atom stereocenters. The van der Waals surface area contributed by atoms with E-state index in [1.807, 2.05) is 0 Å². The van der Waals surface area contributed by atoms with Crippen molar-refractivity contribution in [1.29, 1.82) is 0 Å². The standard InChI is InChI=1S/C21H30Cl3O3P/c22-21(23,24)28(25,26-19-7-13-1-14(8-19)3-15(2-13)9-19)27-20-10-16-4-17(11-20)6-18(5-16)12-20/h13-18H,1-12H2. The van der Waals surface area contributed by atoms with Gasteiger partial charge in [-0.3, -0.25) is 13.6 Å². The zero-order valence-electron chi connectivity index (χ0n) is 16.3. The van der Waals surface area contributed by atoms with Gasteiger partial charge in [0.1, 0.15) is 0 Å². The largest absolute Gasteiger partial charge is 0.382 e. The molecule has 0 N–H and O–H groups in total. The summed E-state index contributed by atoms with van der Waals surface area (Å²) >= 11 is 19.0. The van der Waals surface area contributed by atoms with Crippen molar-refractivity contribution in [3.05, 3.63) is 0 Å². The first-order valence-electron chi connectivity index (χ1n) is 11.2. The van der Waals surface area contributed by atoms with E-state index in [0.717, 1.165) is 38.5 Å². The van der Waals surface area contributed by atoms with E-state index in [9.17, 15) is 4.57 Å². The molecule has 0 amide bonds. The highest BCUT2D eigenvalue weighted by Crippen LogP contribution is 2.75. The van der Waals surface area contributed by atoms with Gasteiger partial charge in [-0.05, 0) is 113 Å². The van der Waals surface area contributed by atoms with Crippen molar-refractivity contribution in [1.82, 2.24) is 0 Å². The molecule has 0 unspecified atom stereocenters. The Labute approximate surface area is 183 Å². The highest BCUT2D eigenvalue weighted by Gasteiger charge is 2.62. The lowest BCUT2D eigenvalue weighted by Gasteiger charge is -2.59. The van der Waals surface area contributed by atoms with Crippen molar-refractivity contribution < 1.29 is 13.6 Å². The van der Waals surface area contributed by atoms with Crippen LogP contribution in [0.5, 0.6) is 0 Å². The average molecular weight is 468 g/mol. The molecule has 158 valence electrons. The van der Waals surface area contributed by atoms with Gasteiger partial charge in [-0.15, -0.1) is 0 Å². The van der Waals surface area contributed by atoms with Crippen molar-refractivity contribution >= 4 is 42.4 Å². The molecule has 8 aliphatic carbocycles. The van der Waals surface area contributed by atoms with Crippen molar-refractivity contribution in [2.24, 2.45) is 35.5 Å². The quantitative estimate of drug-likeness (QED) is 0.317. The first-order valence-corrected chi connectivity index (χ1v) is 13.9. The monoisotopic (exact) mass is 466 g/mol. The fourth-order valence-corrected chi connectivity index (χ4v) is 11.3. The van der Waals surface area contributed by atoms with Gasteiger partial charge >= 0.3 is 7.60 Å². The highest BCUT2D eigenvalue weighted by molar-refractivity contribution is 7.62. The predicted molar refractivity (Wildman–Crippen MR) is 112 cm³/mol. The minimum Gasteiger partial charge on any atom is -0.299 e. The second-order valence-corrected chi connectivity index (χ2v) is 16.5. The van der Waals surface area contributed by atoms with Crippen LogP contribution in [0.4, 0.5) is 0 Å². The lowest BCUT2D eigenvalue weighted by molar-refractivity contribution is -0.141. The maximum absolute atomic E-state index is 14.2. The molecular formula is C21H30Cl3O3P. The Kier molecular flexibility index (Phi) is 4.42. The van der Waals surface area contributed by atoms with Crippen LogP contribution in [0.3, 0.4) is 0 Å². The molecule has 3 nitrogen and oxygen atoms in total. The van der Waals surface area contributed by atoms with Crippen LogP contribution in [0.2, 0.25) is 0 Å². The Hall–Kier alpha value is 1.02. The Balaban J connectivity index is 1.30. The molecule has 8 fully saturated rings. The minimum absolute atomic E-state index is 0.406. The summed E-state index contributed by atoms with van der Waals surface area (Å²) in [6, 6.07) is 0. The van der Waals surface area contributed by atoms with E-state index in [4.69, 9.17) is 43.9 Å². The van der Waals surface area contributed by atoms with E-state index >= 15 is 0 Å². The lowest BCUT2D eigenvalue weighted by Crippen LogP contribution is -2.54. The fraction of sp³-hybridized carbons (Fsp3) is 1.00. The first kappa shape index (κ1) is 19.7.